The maximum atomic E-state index is 5.49. The second kappa shape index (κ2) is 4.35. The van der Waals surface area contributed by atoms with Gasteiger partial charge in [-0.2, -0.15) is 9.36 Å². The van der Waals surface area contributed by atoms with Crippen LogP contribution in [0.2, 0.25) is 0 Å². The lowest BCUT2D eigenvalue weighted by atomic mass is 10.2. The van der Waals surface area contributed by atoms with Crippen molar-refractivity contribution in [2.45, 2.75) is 19.8 Å². The van der Waals surface area contributed by atoms with Crippen molar-refractivity contribution in [1.29, 1.82) is 0 Å². The Morgan fingerprint density at radius 3 is 2.87 bits per heavy atom. The molecule has 15 heavy (non-hydrogen) atoms. The molecule has 0 radical (unpaired) electrons. The number of hydrogen-bond donors (Lipinski definition) is 0. The first-order valence-electron chi connectivity index (χ1n) is 4.67. The van der Waals surface area contributed by atoms with E-state index in [-0.39, 0.29) is 0 Å². The number of nitrogens with zero attached hydrogens (tertiary/aromatic N) is 3. The van der Waals surface area contributed by atoms with E-state index < -0.39 is 0 Å². The summed E-state index contributed by atoms with van der Waals surface area (Å²) in [5, 5.41) is 0.562. The highest BCUT2D eigenvalue weighted by Gasteiger charge is 2.08. The van der Waals surface area contributed by atoms with Gasteiger partial charge in [0.15, 0.2) is 0 Å². The molecule has 4 nitrogen and oxygen atoms in total. The summed E-state index contributed by atoms with van der Waals surface area (Å²) in [5.74, 6) is 1.83. The molecule has 0 bridgehead atoms. The number of pyridine rings is 1. The normalized spacial score (nSPS) is 10.6. The summed E-state index contributed by atoms with van der Waals surface area (Å²) < 4.78 is 9.69. The van der Waals surface area contributed by atoms with Crippen LogP contribution in [0.4, 0.5) is 0 Å². The Morgan fingerprint density at radius 2 is 2.27 bits per heavy atom. The van der Waals surface area contributed by atoms with Gasteiger partial charge in [0, 0.05) is 23.6 Å². The first-order chi connectivity index (χ1) is 7.25. The molecule has 2 aromatic rings. The summed E-state index contributed by atoms with van der Waals surface area (Å²) in [6.07, 6.45) is 3.35. The molecule has 0 saturated heterocycles. The number of aromatic nitrogens is 3. The zero-order valence-electron chi connectivity index (χ0n) is 8.54. The smallest absolute Gasteiger partial charge is 0.298 e. The van der Waals surface area contributed by atoms with Crippen LogP contribution in [0.1, 0.15) is 25.6 Å². The molecule has 2 heterocycles. The van der Waals surface area contributed by atoms with Crippen LogP contribution >= 0.6 is 11.5 Å². The third-order valence-electron chi connectivity index (χ3n) is 1.78. The summed E-state index contributed by atoms with van der Waals surface area (Å²) in [6, 6.07) is 3.66. The summed E-state index contributed by atoms with van der Waals surface area (Å²) in [5.41, 5.74) is 0. The largest absolute Gasteiger partial charge is 0.428 e. The quantitative estimate of drug-likeness (QED) is 0.799. The molecule has 0 N–H and O–H groups in total. The molecule has 0 atom stereocenters. The van der Waals surface area contributed by atoms with Gasteiger partial charge in [0.25, 0.3) is 5.19 Å². The van der Waals surface area contributed by atoms with Crippen LogP contribution in [0.15, 0.2) is 24.5 Å². The summed E-state index contributed by atoms with van der Waals surface area (Å²) in [6.45, 7) is 4.10. The van der Waals surface area contributed by atoms with Crippen LogP contribution in [0.25, 0.3) is 0 Å². The van der Waals surface area contributed by atoms with Crippen molar-refractivity contribution < 1.29 is 4.74 Å². The first kappa shape index (κ1) is 10.0. The number of ether oxygens (including phenoxy) is 1. The van der Waals surface area contributed by atoms with Gasteiger partial charge in [0.05, 0.1) is 6.20 Å². The van der Waals surface area contributed by atoms with Gasteiger partial charge in [-0.15, -0.1) is 0 Å². The second-order valence-corrected chi connectivity index (χ2v) is 4.08. The van der Waals surface area contributed by atoms with Gasteiger partial charge in [-0.25, -0.2) is 0 Å². The zero-order valence-corrected chi connectivity index (χ0v) is 9.36. The molecule has 0 amide bonds. The lowest BCUT2D eigenvalue weighted by molar-refractivity contribution is 0.474. The van der Waals surface area contributed by atoms with Gasteiger partial charge in [-0.05, 0) is 12.1 Å². The Bertz CT molecular complexity index is 427. The van der Waals surface area contributed by atoms with Gasteiger partial charge >= 0.3 is 0 Å². The minimum Gasteiger partial charge on any atom is -0.428 e. The Kier molecular flexibility index (Phi) is 2.91. The van der Waals surface area contributed by atoms with E-state index in [9.17, 15) is 0 Å². The summed E-state index contributed by atoms with van der Waals surface area (Å²) >= 11 is 1.26. The maximum absolute atomic E-state index is 5.49. The van der Waals surface area contributed by atoms with Crippen molar-refractivity contribution in [1.82, 2.24) is 14.3 Å². The number of hydrogen-bond acceptors (Lipinski definition) is 5. The minimum atomic E-state index is 0.326. The Balaban J connectivity index is 2.12. The lowest BCUT2D eigenvalue weighted by Gasteiger charge is -1.98. The van der Waals surface area contributed by atoms with Crippen LogP contribution in [0.5, 0.6) is 10.9 Å². The van der Waals surface area contributed by atoms with Gasteiger partial charge < -0.3 is 4.74 Å². The van der Waals surface area contributed by atoms with Gasteiger partial charge in [0.2, 0.25) is 0 Å². The van der Waals surface area contributed by atoms with Crippen molar-refractivity contribution in [3.05, 3.63) is 30.4 Å². The topological polar surface area (TPSA) is 47.9 Å². The van der Waals surface area contributed by atoms with Crippen molar-refractivity contribution in [2.75, 3.05) is 0 Å². The van der Waals surface area contributed by atoms with Crippen LogP contribution in [0, 0.1) is 0 Å². The Hall–Kier alpha value is -1.49. The fourth-order valence-corrected chi connectivity index (χ4v) is 1.70. The van der Waals surface area contributed by atoms with Crippen LogP contribution in [-0.2, 0) is 0 Å². The predicted octanol–water partition coefficient (Wildman–Crippen LogP) is 2.85. The zero-order chi connectivity index (χ0) is 10.7. The highest BCUT2D eigenvalue weighted by molar-refractivity contribution is 7.07. The fraction of sp³-hybridized carbons (Fsp3) is 0.300. The monoisotopic (exact) mass is 221 g/mol. The van der Waals surface area contributed by atoms with Crippen molar-refractivity contribution in [3.63, 3.8) is 0 Å². The molecule has 0 fully saturated rings. The summed E-state index contributed by atoms with van der Waals surface area (Å²) in [4.78, 5) is 8.22. The standard InChI is InChI=1S/C10H11N3OS/c1-7(2)9-12-10(15-13-9)14-8-4-3-5-11-6-8/h3-7H,1-2H3. The molecule has 0 aromatic carbocycles. The Labute approximate surface area is 92.1 Å². The average molecular weight is 221 g/mol. The van der Waals surface area contributed by atoms with E-state index in [0.29, 0.717) is 16.9 Å². The van der Waals surface area contributed by atoms with Crippen LogP contribution < -0.4 is 4.74 Å². The van der Waals surface area contributed by atoms with E-state index in [4.69, 9.17) is 4.74 Å². The molecule has 2 rings (SSSR count). The molecule has 0 saturated carbocycles. The highest BCUT2D eigenvalue weighted by atomic mass is 32.1. The molecular formula is C10H11N3OS. The van der Waals surface area contributed by atoms with Crippen molar-refractivity contribution >= 4 is 11.5 Å². The molecule has 78 valence electrons. The van der Waals surface area contributed by atoms with E-state index in [0.717, 1.165) is 5.82 Å². The predicted molar refractivity (Wildman–Crippen MR) is 58.3 cm³/mol. The molecule has 0 aliphatic rings. The SMILES string of the molecule is CC(C)c1nsc(Oc2cccnc2)n1. The molecule has 0 aliphatic carbocycles. The maximum Gasteiger partial charge on any atom is 0.298 e. The summed E-state index contributed by atoms with van der Waals surface area (Å²) in [7, 11) is 0. The third kappa shape index (κ3) is 2.50. The lowest BCUT2D eigenvalue weighted by Crippen LogP contribution is -1.90. The Morgan fingerprint density at radius 1 is 1.40 bits per heavy atom. The third-order valence-corrected chi connectivity index (χ3v) is 2.39. The molecule has 0 unspecified atom stereocenters. The molecule has 0 spiro atoms. The first-order valence-corrected chi connectivity index (χ1v) is 5.44. The van der Waals surface area contributed by atoms with E-state index in [2.05, 4.69) is 28.2 Å². The van der Waals surface area contributed by atoms with Crippen molar-refractivity contribution in [2.24, 2.45) is 0 Å². The van der Waals surface area contributed by atoms with Gasteiger partial charge in [-0.1, -0.05) is 13.8 Å². The van der Waals surface area contributed by atoms with E-state index in [1.54, 1.807) is 12.4 Å². The fourth-order valence-electron chi connectivity index (χ4n) is 1.00. The highest BCUT2D eigenvalue weighted by Crippen LogP contribution is 2.24. The second-order valence-electron chi connectivity index (χ2n) is 3.36. The number of rotatable bonds is 3. The van der Waals surface area contributed by atoms with E-state index in [1.807, 2.05) is 12.1 Å². The minimum absolute atomic E-state index is 0.326. The van der Waals surface area contributed by atoms with Gasteiger partial charge in [-0.3, -0.25) is 4.98 Å². The van der Waals surface area contributed by atoms with Crippen LogP contribution in [0.3, 0.4) is 0 Å². The van der Waals surface area contributed by atoms with E-state index >= 15 is 0 Å². The molecule has 5 heteroatoms. The van der Waals surface area contributed by atoms with E-state index in [1.165, 1.54) is 11.5 Å². The van der Waals surface area contributed by atoms with Crippen molar-refractivity contribution in [3.8, 4) is 10.9 Å². The molecule has 0 aliphatic heterocycles. The average Bonchev–Trinajstić information content (AvgIpc) is 2.68. The molecular weight excluding hydrogens is 210 g/mol. The molecule has 2 aromatic heterocycles. The van der Waals surface area contributed by atoms with Gasteiger partial charge in [0.1, 0.15) is 11.6 Å². The van der Waals surface area contributed by atoms with Crippen LogP contribution in [-0.4, -0.2) is 14.3 Å².